The van der Waals surface area contributed by atoms with Crippen LogP contribution in [0.3, 0.4) is 0 Å². The second kappa shape index (κ2) is 8.84. The van der Waals surface area contributed by atoms with Crippen molar-refractivity contribution in [3.8, 4) is 16.9 Å². The standard InChI is InChI=1S/C41H23N3OS/c1-5-13-32-25(9-1)21-35-40(42-31-12-4-6-14-33(31)44(32)35)24-17-19-26(20-18-24)43-34-22-29-27-10-2-7-15-36(27)45-37(29)23-30(34)39-28-11-3-8-16-38(28)46-41(39)43/h1-23H. The van der Waals surface area contributed by atoms with E-state index in [2.05, 4.69) is 136 Å². The topological polar surface area (TPSA) is 35.4 Å². The summed E-state index contributed by atoms with van der Waals surface area (Å²) in [6.07, 6.45) is 0. The van der Waals surface area contributed by atoms with E-state index in [9.17, 15) is 0 Å². The molecule has 5 aromatic heterocycles. The van der Waals surface area contributed by atoms with Crippen molar-refractivity contribution < 1.29 is 4.42 Å². The summed E-state index contributed by atoms with van der Waals surface area (Å²) in [5, 5.41) is 7.25. The summed E-state index contributed by atoms with van der Waals surface area (Å²) in [5.74, 6) is 0. The van der Waals surface area contributed by atoms with E-state index >= 15 is 0 Å². The summed E-state index contributed by atoms with van der Waals surface area (Å²) in [6, 6.07) is 49.8. The lowest BCUT2D eigenvalue weighted by Crippen LogP contribution is -1.96. The van der Waals surface area contributed by atoms with Crippen LogP contribution in [0.5, 0.6) is 0 Å². The van der Waals surface area contributed by atoms with Gasteiger partial charge in [-0.1, -0.05) is 78.9 Å². The Bertz CT molecular complexity index is 3030. The summed E-state index contributed by atoms with van der Waals surface area (Å²) < 4.78 is 12.4. The Morgan fingerprint density at radius 3 is 2.22 bits per heavy atom. The number of nitrogens with zero attached hydrogens (tertiary/aromatic N) is 3. The molecule has 0 aliphatic carbocycles. The fourth-order valence-corrected chi connectivity index (χ4v) is 8.71. The molecule has 5 heteroatoms. The molecule has 4 nitrogen and oxygen atoms in total. The van der Waals surface area contributed by atoms with E-state index in [1.807, 2.05) is 23.5 Å². The average molecular weight is 606 g/mol. The van der Waals surface area contributed by atoms with E-state index < -0.39 is 0 Å². The zero-order valence-electron chi connectivity index (χ0n) is 24.4. The van der Waals surface area contributed by atoms with Crippen molar-refractivity contribution in [2.45, 2.75) is 0 Å². The molecule has 0 radical (unpaired) electrons. The first kappa shape index (κ1) is 24.4. The summed E-state index contributed by atoms with van der Waals surface area (Å²) >= 11 is 1.84. The van der Waals surface area contributed by atoms with E-state index in [0.717, 1.165) is 55.4 Å². The quantitative estimate of drug-likeness (QED) is 0.196. The molecular formula is C41H23N3OS. The SMILES string of the molecule is c1ccc2c(c1)cc1c(-c3ccc(-n4c5cc6c(cc5c5c7ccccc7sc54)oc4ccccc46)cc3)nc3ccccc3n12. The lowest BCUT2D eigenvalue weighted by atomic mass is 10.1. The molecule has 0 saturated heterocycles. The molecule has 0 aliphatic heterocycles. The molecule has 6 aromatic carbocycles. The normalized spacial score (nSPS) is 12.3. The second-order valence-corrected chi connectivity index (χ2v) is 13.0. The molecule has 0 aliphatic rings. The van der Waals surface area contributed by atoms with E-state index in [-0.39, 0.29) is 0 Å². The molecule has 0 unspecified atom stereocenters. The molecule has 5 heterocycles. The van der Waals surface area contributed by atoms with Gasteiger partial charge in [0.2, 0.25) is 0 Å². The third-order valence-corrected chi connectivity index (χ3v) is 10.6. The van der Waals surface area contributed by atoms with Crippen LogP contribution < -0.4 is 0 Å². The molecule has 46 heavy (non-hydrogen) atoms. The Kier molecular flexibility index (Phi) is 4.69. The van der Waals surface area contributed by atoms with Gasteiger partial charge in [0.05, 0.1) is 33.3 Å². The minimum atomic E-state index is 0.916. The maximum atomic E-state index is 6.35. The fraction of sp³-hybridized carbons (Fsp3) is 0. The Morgan fingerprint density at radius 2 is 1.30 bits per heavy atom. The van der Waals surface area contributed by atoms with Crippen molar-refractivity contribution in [1.82, 2.24) is 14.0 Å². The van der Waals surface area contributed by atoms with Crippen LogP contribution in [0, 0.1) is 0 Å². The Balaban J connectivity index is 1.18. The summed E-state index contributed by atoms with van der Waals surface area (Å²) in [7, 11) is 0. The Morgan fingerprint density at radius 1 is 0.543 bits per heavy atom. The number of hydrogen-bond donors (Lipinski definition) is 0. The van der Waals surface area contributed by atoms with Crippen LogP contribution in [0.4, 0.5) is 0 Å². The van der Waals surface area contributed by atoms with Gasteiger partial charge in [0.25, 0.3) is 0 Å². The molecule has 0 fully saturated rings. The Labute approximate surface area is 266 Å². The monoisotopic (exact) mass is 605 g/mol. The van der Waals surface area contributed by atoms with Gasteiger partial charge in [-0.05, 0) is 60.7 Å². The van der Waals surface area contributed by atoms with Crippen LogP contribution in [0.2, 0.25) is 0 Å². The third kappa shape index (κ3) is 3.19. The highest BCUT2D eigenvalue weighted by molar-refractivity contribution is 7.25. The first-order chi connectivity index (χ1) is 22.8. The number of furan rings is 1. The van der Waals surface area contributed by atoms with Crippen LogP contribution in [0.25, 0.3) is 97.5 Å². The van der Waals surface area contributed by atoms with E-state index in [1.165, 1.54) is 42.1 Å². The van der Waals surface area contributed by atoms with Crippen molar-refractivity contribution in [3.63, 3.8) is 0 Å². The van der Waals surface area contributed by atoms with Gasteiger partial charge in [-0.25, -0.2) is 4.98 Å². The van der Waals surface area contributed by atoms with Gasteiger partial charge in [-0.2, -0.15) is 0 Å². The van der Waals surface area contributed by atoms with Crippen molar-refractivity contribution in [2.24, 2.45) is 0 Å². The number of para-hydroxylation sites is 4. The van der Waals surface area contributed by atoms with Crippen molar-refractivity contribution in [1.29, 1.82) is 0 Å². The summed E-state index contributed by atoms with van der Waals surface area (Å²) in [4.78, 5) is 6.45. The molecule has 0 amide bonds. The molecule has 214 valence electrons. The van der Waals surface area contributed by atoms with Gasteiger partial charge in [0.1, 0.15) is 16.0 Å². The number of rotatable bonds is 2. The minimum Gasteiger partial charge on any atom is -0.456 e. The van der Waals surface area contributed by atoms with E-state index in [0.29, 0.717) is 0 Å². The van der Waals surface area contributed by atoms with Crippen LogP contribution in [0.15, 0.2) is 144 Å². The van der Waals surface area contributed by atoms with Crippen molar-refractivity contribution >= 4 is 91.9 Å². The number of aromatic nitrogens is 3. The fourth-order valence-electron chi connectivity index (χ4n) is 7.46. The molecular weight excluding hydrogens is 583 g/mol. The highest BCUT2D eigenvalue weighted by atomic mass is 32.1. The molecule has 0 atom stereocenters. The van der Waals surface area contributed by atoms with Crippen LogP contribution in [-0.2, 0) is 0 Å². The van der Waals surface area contributed by atoms with Crippen LogP contribution >= 0.6 is 11.3 Å². The van der Waals surface area contributed by atoms with E-state index in [4.69, 9.17) is 9.40 Å². The smallest absolute Gasteiger partial charge is 0.136 e. The molecule has 0 saturated carbocycles. The maximum Gasteiger partial charge on any atom is 0.136 e. The minimum absolute atomic E-state index is 0.916. The highest BCUT2D eigenvalue weighted by Crippen LogP contribution is 2.45. The predicted molar refractivity (Wildman–Crippen MR) is 193 cm³/mol. The predicted octanol–water partition coefficient (Wildman–Crippen LogP) is 11.5. The lowest BCUT2D eigenvalue weighted by molar-refractivity contribution is 0.669. The number of benzene rings is 6. The zero-order chi connectivity index (χ0) is 29.9. The zero-order valence-corrected chi connectivity index (χ0v) is 25.3. The van der Waals surface area contributed by atoms with Gasteiger partial charge < -0.3 is 13.4 Å². The second-order valence-electron chi connectivity index (χ2n) is 12.0. The molecule has 11 rings (SSSR count). The van der Waals surface area contributed by atoms with Gasteiger partial charge >= 0.3 is 0 Å². The summed E-state index contributed by atoms with van der Waals surface area (Å²) in [5.41, 5.74) is 10.6. The van der Waals surface area contributed by atoms with Gasteiger partial charge in [-0.15, -0.1) is 11.3 Å². The summed E-state index contributed by atoms with van der Waals surface area (Å²) in [6.45, 7) is 0. The lowest BCUT2D eigenvalue weighted by Gasteiger charge is -2.11. The first-order valence-electron chi connectivity index (χ1n) is 15.5. The maximum absolute atomic E-state index is 6.35. The van der Waals surface area contributed by atoms with Crippen molar-refractivity contribution in [2.75, 3.05) is 0 Å². The van der Waals surface area contributed by atoms with Crippen molar-refractivity contribution in [3.05, 3.63) is 140 Å². The number of thiophene rings is 1. The van der Waals surface area contributed by atoms with E-state index in [1.54, 1.807) is 0 Å². The molecule has 11 aromatic rings. The first-order valence-corrected chi connectivity index (χ1v) is 16.3. The number of fused-ring (bicyclic) bond motifs is 13. The van der Waals surface area contributed by atoms with Gasteiger partial charge in [-0.3, -0.25) is 0 Å². The largest absolute Gasteiger partial charge is 0.456 e. The number of hydrogen-bond acceptors (Lipinski definition) is 3. The van der Waals surface area contributed by atoms with Crippen LogP contribution in [-0.4, -0.2) is 14.0 Å². The van der Waals surface area contributed by atoms with Crippen LogP contribution in [0.1, 0.15) is 0 Å². The molecule has 0 N–H and O–H groups in total. The third-order valence-electron chi connectivity index (χ3n) is 9.49. The highest BCUT2D eigenvalue weighted by Gasteiger charge is 2.21. The van der Waals surface area contributed by atoms with Gasteiger partial charge in [0.15, 0.2) is 0 Å². The Hall–Kier alpha value is -5.91. The average Bonchev–Trinajstić information content (AvgIpc) is 3.85. The molecule has 0 spiro atoms. The van der Waals surface area contributed by atoms with Gasteiger partial charge in [0, 0.05) is 48.3 Å². The molecule has 0 bridgehead atoms.